The summed E-state index contributed by atoms with van der Waals surface area (Å²) in [6.45, 7) is 2.25. The molecule has 0 saturated heterocycles. The maximum atomic E-state index is 12.6. The number of carboxylic acid groups (broad SMARTS) is 1. The third-order valence-corrected chi connectivity index (χ3v) is 7.45. The monoisotopic (exact) mass is 416 g/mol. The largest absolute Gasteiger partial charge is 0.481 e. The third-order valence-electron chi connectivity index (χ3n) is 7.45. The van der Waals surface area contributed by atoms with E-state index in [4.69, 9.17) is 0 Å². The summed E-state index contributed by atoms with van der Waals surface area (Å²) < 4.78 is 0. The Morgan fingerprint density at radius 3 is 2.32 bits per heavy atom. The van der Waals surface area contributed by atoms with Crippen LogP contribution in [0.1, 0.15) is 88.7 Å². The Labute approximate surface area is 186 Å². The summed E-state index contributed by atoms with van der Waals surface area (Å²) in [5.74, 6) is -0.628. The van der Waals surface area contributed by atoms with Crippen molar-refractivity contribution in [1.82, 2.24) is 0 Å². The number of rotatable bonds is 10. The van der Waals surface area contributed by atoms with E-state index < -0.39 is 11.4 Å². The smallest absolute Gasteiger partial charge is 0.314 e. The number of hydrogen-bond donors (Lipinski definition) is 1. The standard InChI is InChI=1S/C29H36O2/c1-2-3-4-5-6-7-8-11-20-29(28(30)31)21-12-15-26-25-17-16-22-13-9-10-14-23(22)24(25)18-19-27(26)29/h9-10,13-14,16-19H,2-8,11-12,15,20-21H2,1H3,(H,30,31). The zero-order valence-electron chi connectivity index (χ0n) is 19.0. The van der Waals surface area contributed by atoms with Gasteiger partial charge < -0.3 is 5.11 Å². The van der Waals surface area contributed by atoms with E-state index in [2.05, 4.69) is 55.5 Å². The molecule has 0 bridgehead atoms. The minimum Gasteiger partial charge on any atom is -0.481 e. The molecule has 0 fully saturated rings. The van der Waals surface area contributed by atoms with Crippen LogP contribution >= 0.6 is 0 Å². The number of benzene rings is 3. The maximum Gasteiger partial charge on any atom is 0.314 e. The van der Waals surface area contributed by atoms with Gasteiger partial charge in [-0.05, 0) is 58.4 Å². The highest BCUT2D eigenvalue weighted by Gasteiger charge is 2.43. The molecule has 1 N–H and O–H groups in total. The Kier molecular flexibility index (Phi) is 6.95. The van der Waals surface area contributed by atoms with Crippen molar-refractivity contribution in [3.05, 3.63) is 59.7 Å². The van der Waals surface area contributed by atoms with Gasteiger partial charge in [-0.2, -0.15) is 0 Å². The van der Waals surface area contributed by atoms with Crippen LogP contribution in [0.5, 0.6) is 0 Å². The molecule has 1 aliphatic rings. The summed E-state index contributed by atoms with van der Waals surface area (Å²) in [6, 6.07) is 17.2. The summed E-state index contributed by atoms with van der Waals surface area (Å²) in [5, 5.41) is 15.4. The summed E-state index contributed by atoms with van der Waals surface area (Å²) in [4.78, 5) is 12.6. The number of hydrogen-bond acceptors (Lipinski definition) is 1. The van der Waals surface area contributed by atoms with Gasteiger partial charge in [-0.1, -0.05) is 107 Å². The number of fused-ring (bicyclic) bond motifs is 5. The molecule has 1 atom stereocenters. The fourth-order valence-electron chi connectivity index (χ4n) is 5.72. The van der Waals surface area contributed by atoms with Crippen molar-refractivity contribution in [2.24, 2.45) is 0 Å². The average Bonchev–Trinajstić information content (AvgIpc) is 2.80. The van der Waals surface area contributed by atoms with Crippen LogP contribution in [0.2, 0.25) is 0 Å². The predicted molar refractivity (Wildman–Crippen MR) is 131 cm³/mol. The van der Waals surface area contributed by atoms with E-state index in [9.17, 15) is 9.90 Å². The molecular formula is C29H36O2. The van der Waals surface area contributed by atoms with Gasteiger partial charge in [-0.25, -0.2) is 0 Å². The van der Waals surface area contributed by atoms with E-state index in [-0.39, 0.29) is 0 Å². The van der Waals surface area contributed by atoms with Gasteiger partial charge in [0.25, 0.3) is 0 Å². The first-order valence-corrected chi connectivity index (χ1v) is 12.3. The highest BCUT2D eigenvalue weighted by molar-refractivity contribution is 6.09. The van der Waals surface area contributed by atoms with Gasteiger partial charge in [-0.15, -0.1) is 0 Å². The molecule has 0 heterocycles. The SMILES string of the molecule is CCCCCCCCCCC1(C(=O)O)CCCc2c1ccc1c2ccc2ccccc21. The lowest BCUT2D eigenvalue weighted by Crippen LogP contribution is -2.39. The van der Waals surface area contributed by atoms with Crippen molar-refractivity contribution < 1.29 is 9.90 Å². The van der Waals surface area contributed by atoms with Gasteiger partial charge in [0.1, 0.15) is 0 Å². The van der Waals surface area contributed by atoms with E-state index in [0.29, 0.717) is 0 Å². The minimum absolute atomic E-state index is 0.628. The molecule has 3 aromatic carbocycles. The Morgan fingerprint density at radius 1 is 0.839 bits per heavy atom. The number of carboxylic acids is 1. The predicted octanol–water partition coefficient (Wildman–Crippen LogP) is 8.18. The van der Waals surface area contributed by atoms with E-state index in [1.807, 2.05) is 0 Å². The van der Waals surface area contributed by atoms with Crippen LogP contribution in [0, 0.1) is 0 Å². The van der Waals surface area contributed by atoms with Crippen molar-refractivity contribution in [1.29, 1.82) is 0 Å². The number of aryl methyl sites for hydroxylation is 1. The fourth-order valence-corrected chi connectivity index (χ4v) is 5.72. The van der Waals surface area contributed by atoms with Crippen molar-refractivity contribution in [2.45, 2.75) is 89.4 Å². The van der Waals surface area contributed by atoms with Gasteiger partial charge in [0.15, 0.2) is 0 Å². The lowest BCUT2D eigenvalue weighted by molar-refractivity contribution is -0.145. The Balaban J connectivity index is 1.57. The molecule has 2 nitrogen and oxygen atoms in total. The van der Waals surface area contributed by atoms with Crippen LogP contribution in [-0.2, 0) is 16.6 Å². The summed E-state index contributed by atoms with van der Waals surface area (Å²) in [7, 11) is 0. The lowest BCUT2D eigenvalue weighted by Gasteiger charge is -2.36. The van der Waals surface area contributed by atoms with Crippen LogP contribution in [0.4, 0.5) is 0 Å². The second-order valence-electron chi connectivity index (χ2n) is 9.44. The molecule has 0 amide bonds. The normalized spacial score (nSPS) is 18.4. The Morgan fingerprint density at radius 2 is 1.55 bits per heavy atom. The highest BCUT2D eigenvalue weighted by Crippen LogP contribution is 2.45. The summed E-state index contributed by atoms with van der Waals surface area (Å²) in [5.41, 5.74) is 1.64. The van der Waals surface area contributed by atoms with E-state index in [1.54, 1.807) is 0 Å². The first-order chi connectivity index (χ1) is 15.2. The number of unbranched alkanes of at least 4 members (excludes halogenated alkanes) is 7. The minimum atomic E-state index is -0.713. The summed E-state index contributed by atoms with van der Waals surface area (Å²) in [6.07, 6.45) is 13.4. The highest BCUT2D eigenvalue weighted by atomic mass is 16.4. The van der Waals surface area contributed by atoms with Crippen molar-refractivity contribution in [3.63, 3.8) is 0 Å². The molecule has 0 saturated carbocycles. The summed E-state index contributed by atoms with van der Waals surface area (Å²) >= 11 is 0. The van der Waals surface area contributed by atoms with Crippen LogP contribution in [0.15, 0.2) is 48.5 Å². The van der Waals surface area contributed by atoms with E-state index in [0.717, 1.165) is 44.1 Å². The van der Waals surface area contributed by atoms with Gasteiger partial charge in [0.2, 0.25) is 0 Å². The molecule has 0 aliphatic heterocycles. The molecule has 0 spiro atoms. The molecular weight excluding hydrogens is 380 g/mol. The van der Waals surface area contributed by atoms with Gasteiger partial charge in [0, 0.05) is 0 Å². The van der Waals surface area contributed by atoms with Crippen molar-refractivity contribution >= 4 is 27.5 Å². The molecule has 164 valence electrons. The molecule has 31 heavy (non-hydrogen) atoms. The van der Waals surface area contributed by atoms with Gasteiger partial charge in [-0.3, -0.25) is 4.79 Å². The van der Waals surface area contributed by atoms with Crippen LogP contribution in [0.3, 0.4) is 0 Å². The quantitative estimate of drug-likeness (QED) is 0.267. The van der Waals surface area contributed by atoms with Crippen LogP contribution < -0.4 is 0 Å². The first-order valence-electron chi connectivity index (χ1n) is 12.3. The van der Waals surface area contributed by atoms with Crippen LogP contribution in [0.25, 0.3) is 21.5 Å². The van der Waals surface area contributed by atoms with Crippen LogP contribution in [-0.4, -0.2) is 11.1 Å². The molecule has 0 aromatic heterocycles. The maximum absolute atomic E-state index is 12.6. The topological polar surface area (TPSA) is 37.3 Å². The van der Waals surface area contributed by atoms with Gasteiger partial charge in [0.05, 0.1) is 5.41 Å². The molecule has 3 aromatic rings. The second kappa shape index (κ2) is 9.85. The molecule has 2 heteroatoms. The fraction of sp³-hybridized carbons (Fsp3) is 0.483. The van der Waals surface area contributed by atoms with Gasteiger partial charge >= 0.3 is 5.97 Å². The number of aliphatic carboxylic acids is 1. The third kappa shape index (κ3) is 4.35. The van der Waals surface area contributed by atoms with E-state index in [1.165, 1.54) is 65.6 Å². The molecule has 4 rings (SSSR count). The molecule has 1 unspecified atom stereocenters. The Bertz CT molecular complexity index is 1050. The van der Waals surface area contributed by atoms with Crippen molar-refractivity contribution in [3.8, 4) is 0 Å². The second-order valence-corrected chi connectivity index (χ2v) is 9.44. The molecule has 0 radical (unpaired) electrons. The molecule has 1 aliphatic carbocycles. The zero-order valence-corrected chi connectivity index (χ0v) is 19.0. The lowest BCUT2D eigenvalue weighted by atomic mass is 9.66. The van der Waals surface area contributed by atoms with Crippen molar-refractivity contribution in [2.75, 3.05) is 0 Å². The Hall–Kier alpha value is -2.35. The van der Waals surface area contributed by atoms with E-state index >= 15 is 0 Å². The number of carbonyl (C=O) groups is 1. The first kappa shape index (κ1) is 21.9. The average molecular weight is 417 g/mol. The zero-order chi connectivity index (χ0) is 21.7.